The number of hydrogen-bond acceptors (Lipinski definition) is 0. The molecule has 0 atom stereocenters. The van der Waals surface area contributed by atoms with E-state index in [4.69, 9.17) is 6.42 Å². The zero-order chi connectivity index (χ0) is 11.4. The number of aryl methyl sites for hydroxylation is 1. The highest BCUT2D eigenvalue weighted by Gasteiger charge is 2.04. The van der Waals surface area contributed by atoms with E-state index in [0.29, 0.717) is 0 Å². The third-order valence-corrected chi connectivity index (χ3v) is 2.96. The largest absolute Gasteiger partial charge is 0.115 e. The van der Waals surface area contributed by atoms with Crippen LogP contribution in [0.5, 0.6) is 0 Å². The maximum absolute atomic E-state index is 5.64. The molecule has 0 nitrogen and oxygen atoms in total. The molecule has 0 radical (unpaired) electrons. The van der Waals surface area contributed by atoms with Gasteiger partial charge in [0, 0.05) is 5.56 Å². The molecule has 0 unspecified atom stereocenters. The summed E-state index contributed by atoms with van der Waals surface area (Å²) >= 11 is 0. The summed E-state index contributed by atoms with van der Waals surface area (Å²) in [5.41, 5.74) is 2.38. The monoisotopic (exact) mass is 208 g/mol. The van der Waals surface area contributed by atoms with Crippen molar-refractivity contribution in [2.75, 3.05) is 0 Å². The van der Waals surface area contributed by atoms with Gasteiger partial charge in [-0.25, -0.2) is 0 Å². The first-order valence-corrected chi connectivity index (χ1v) is 5.84. The fourth-order valence-electron chi connectivity index (χ4n) is 2.06. The Morgan fingerprint density at radius 2 is 1.94 bits per heavy atom. The first-order chi connectivity index (χ1) is 7.86. The number of benzene rings is 2. The van der Waals surface area contributed by atoms with Crippen molar-refractivity contribution in [2.45, 2.75) is 26.2 Å². The van der Waals surface area contributed by atoms with Crippen LogP contribution in [-0.4, -0.2) is 0 Å². The highest BCUT2D eigenvalue weighted by atomic mass is 14.1. The van der Waals surface area contributed by atoms with Crippen LogP contribution < -0.4 is 0 Å². The van der Waals surface area contributed by atoms with Crippen LogP contribution in [0.4, 0.5) is 0 Å². The highest BCUT2D eigenvalue weighted by molar-refractivity contribution is 5.89. The Bertz CT molecular complexity index is 529. The van der Waals surface area contributed by atoms with E-state index >= 15 is 0 Å². The highest BCUT2D eigenvalue weighted by Crippen LogP contribution is 2.22. The lowest BCUT2D eigenvalue weighted by molar-refractivity contribution is 0.795. The lowest BCUT2D eigenvalue weighted by atomic mass is 9.96. The van der Waals surface area contributed by atoms with Gasteiger partial charge in [0.15, 0.2) is 0 Å². The normalized spacial score (nSPS) is 10.2. The van der Waals surface area contributed by atoms with E-state index in [-0.39, 0.29) is 0 Å². The number of terminal acetylenes is 1. The predicted octanol–water partition coefficient (Wildman–Crippen LogP) is 4.16. The average Bonchev–Trinajstić information content (AvgIpc) is 2.35. The molecule has 0 aliphatic carbocycles. The molecule has 0 heterocycles. The Balaban J connectivity index is 2.55. The summed E-state index contributed by atoms with van der Waals surface area (Å²) < 4.78 is 0. The molecule has 0 N–H and O–H groups in total. The van der Waals surface area contributed by atoms with Crippen molar-refractivity contribution < 1.29 is 0 Å². The third kappa shape index (κ3) is 1.95. The Morgan fingerprint density at radius 3 is 2.69 bits per heavy atom. The average molecular weight is 208 g/mol. The molecule has 0 spiro atoms. The molecule has 0 bridgehead atoms. The Labute approximate surface area is 97.3 Å². The van der Waals surface area contributed by atoms with Gasteiger partial charge in [0.25, 0.3) is 0 Å². The van der Waals surface area contributed by atoms with E-state index in [1.54, 1.807) is 0 Å². The molecule has 0 aliphatic heterocycles. The third-order valence-electron chi connectivity index (χ3n) is 2.96. The van der Waals surface area contributed by atoms with Crippen molar-refractivity contribution in [3.8, 4) is 12.3 Å². The summed E-state index contributed by atoms with van der Waals surface area (Å²) in [7, 11) is 0. The predicted molar refractivity (Wildman–Crippen MR) is 70.5 cm³/mol. The van der Waals surface area contributed by atoms with Crippen LogP contribution in [0.3, 0.4) is 0 Å². The van der Waals surface area contributed by atoms with E-state index in [1.165, 1.54) is 29.2 Å². The Morgan fingerprint density at radius 1 is 1.12 bits per heavy atom. The number of rotatable bonds is 3. The van der Waals surface area contributed by atoms with Crippen molar-refractivity contribution >= 4 is 10.8 Å². The van der Waals surface area contributed by atoms with Gasteiger partial charge in [0.2, 0.25) is 0 Å². The van der Waals surface area contributed by atoms with Gasteiger partial charge < -0.3 is 0 Å². The van der Waals surface area contributed by atoms with Gasteiger partial charge in [-0.3, -0.25) is 0 Å². The minimum atomic E-state index is 1.08. The van der Waals surface area contributed by atoms with Crippen LogP contribution in [-0.2, 0) is 6.42 Å². The Hall–Kier alpha value is -1.74. The van der Waals surface area contributed by atoms with E-state index < -0.39 is 0 Å². The van der Waals surface area contributed by atoms with Crippen molar-refractivity contribution in [2.24, 2.45) is 0 Å². The van der Waals surface area contributed by atoms with E-state index in [9.17, 15) is 0 Å². The van der Waals surface area contributed by atoms with Gasteiger partial charge in [0.1, 0.15) is 0 Å². The molecule has 2 aromatic carbocycles. The molecule has 0 fully saturated rings. The van der Waals surface area contributed by atoms with Crippen LogP contribution >= 0.6 is 0 Å². The molecule has 0 aromatic heterocycles. The van der Waals surface area contributed by atoms with Gasteiger partial charge >= 0.3 is 0 Å². The second-order valence-corrected chi connectivity index (χ2v) is 4.07. The van der Waals surface area contributed by atoms with E-state index in [2.05, 4.69) is 37.1 Å². The summed E-state index contributed by atoms with van der Waals surface area (Å²) in [6, 6.07) is 12.7. The topological polar surface area (TPSA) is 0 Å². The first kappa shape index (κ1) is 10.8. The molecular weight excluding hydrogens is 192 g/mol. The summed E-state index contributed by atoms with van der Waals surface area (Å²) in [6.45, 7) is 2.20. The standard InChI is InChI=1S/C16H16/c1-3-5-8-13-11-12-14-9-6-7-10-16(14)15(13)4-2/h2,6-7,9-12H,3,5,8H2,1H3. The lowest BCUT2D eigenvalue weighted by Gasteiger charge is -2.07. The zero-order valence-electron chi connectivity index (χ0n) is 9.66. The second kappa shape index (κ2) is 4.86. The van der Waals surface area contributed by atoms with Crippen molar-refractivity contribution in [3.05, 3.63) is 47.5 Å². The second-order valence-electron chi connectivity index (χ2n) is 4.07. The van der Waals surface area contributed by atoms with Gasteiger partial charge in [-0.15, -0.1) is 6.42 Å². The minimum Gasteiger partial charge on any atom is -0.115 e. The van der Waals surface area contributed by atoms with Crippen molar-refractivity contribution in [3.63, 3.8) is 0 Å². The van der Waals surface area contributed by atoms with Crippen LogP contribution in [0, 0.1) is 12.3 Å². The summed E-state index contributed by atoms with van der Waals surface area (Å²) in [6.07, 6.45) is 9.13. The summed E-state index contributed by atoms with van der Waals surface area (Å²) in [4.78, 5) is 0. The molecule has 16 heavy (non-hydrogen) atoms. The molecular formula is C16H16. The summed E-state index contributed by atoms with van der Waals surface area (Å²) in [5, 5.41) is 2.44. The van der Waals surface area contributed by atoms with Crippen molar-refractivity contribution in [1.82, 2.24) is 0 Å². The fourth-order valence-corrected chi connectivity index (χ4v) is 2.06. The van der Waals surface area contributed by atoms with Crippen LogP contribution in [0.2, 0.25) is 0 Å². The fraction of sp³-hybridized carbons (Fsp3) is 0.250. The maximum Gasteiger partial charge on any atom is 0.0353 e. The molecule has 0 aliphatic rings. The van der Waals surface area contributed by atoms with Crippen molar-refractivity contribution in [1.29, 1.82) is 0 Å². The van der Waals surface area contributed by atoms with E-state index in [1.807, 2.05) is 12.1 Å². The molecule has 2 aromatic rings. The van der Waals surface area contributed by atoms with Gasteiger partial charge in [0.05, 0.1) is 0 Å². The molecule has 80 valence electrons. The van der Waals surface area contributed by atoms with Gasteiger partial charge in [-0.2, -0.15) is 0 Å². The lowest BCUT2D eigenvalue weighted by Crippen LogP contribution is -1.91. The summed E-state index contributed by atoms with van der Waals surface area (Å²) in [5.74, 6) is 2.85. The first-order valence-electron chi connectivity index (χ1n) is 5.84. The Kier molecular flexibility index (Phi) is 3.27. The van der Waals surface area contributed by atoms with Crippen LogP contribution in [0.1, 0.15) is 30.9 Å². The van der Waals surface area contributed by atoms with Gasteiger partial charge in [-0.1, -0.05) is 55.7 Å². The molecule has 0 saturated heterocycles. The van der Waals surface area contributed by atoms with E-state index in [0.717, 1.165) is 12.0 Å². The van der Waals surface area contributed by atoms with Crippen LogP contribution in [0.15, 0.2) is 36.4 Å². The van der Waals surface area contributed by atoms with Crippen LogP contribution in [0.25, 0.3) is 10.8 Å². The molecule has 0 heteroatoms. The molecule has 2 rings (SSSR count). The number of hydrogen-bond donors (Lipinski definition) is 0. The SMILES string of the molecule is C#Cc1c(CCCC)ccc2ccccc12. The minimum absolute atomic E-state index is 1.08. The van der Waals surface area contributed by atoms with Gasteiger partial charge in [-0.05, 0) is 29.2 Å². The molecule has 0 amide bonds. The smallest absolute Gasteiger partial charge is 0.0353 e. The quantitative estimate of drug-likeness (QED) is 0.664. The number of unbranched alkanes of at least 4 members (excludes halogenated alkanes) is 1. The number of fused-ring (bicyclic) bond motifs is 1. The zero-order valence-corrected chi connectivity index (χ0v) is 9.66. The maximum atomic E-state index is 5.64. The molecule has 0 saturated carbocycles.